The number of carbonyl (C=O) groups is 2. The smallest absolute Gasteiger partial charge is 0.253 e. The molecule has 2 heterocycles. The van der Waals surface area contributed by atoms with Crippen LogP contribution in [-0.4, -0.2) is 44.0 Å². The van der Waals surface area contributed by atoms with E-state index < -0.39 is 15.9 Å². The summed E-state index contributed by atoms with van der Waals surface area (Å²) in [5.41, 5.74) is 0.415. The van der Waals surface area contributed by atoms with Crippen LogP contribution in [0, 0.1) is 0 Å². The van der Waals surface area contributed by atoms with E-state index in [1.165, 1.54) is 12.1 Å². The van der Waals surface area contributed by atoms with Crippen LogP contribution in [0.15, 0.2) is 18.2 Å². The van der Waals surface area contributed by atoms with Gasteiger partial charge >= 0.3 is 0 Å². The van der Waals surface area contributed by atoms with Crippen LogP contribution < -0.4 is 4.31 Å². The summed E-state index contributed by atoms with van der Waals surface area (Å²) in [4.78, 5) is 26.2. The van der Waals surface area contributed by atoms with E-state index in [4.69, 9.17) is 11.6 Å². The number of halogens is 1. The Morgan fingerprint density at radius 1 is 1.13 bits per heavy atom. The maximum absolute atomic E-state index is 12.6. The van der Waals surface area contributed by atoms with Crippen molar-refractivity contribution in [2.24, 2.45) is 0 Å². The van der Waals surface area contributed by atoms with Gasteiger partial charge in [-0.25, -0.2) is 12.7 Å². The lowest BCUT2D eigenvalue weighted by Crippen LogP contribution is -2.36. The van der Waals surface area contributed by atoms with Gasteiger partial charge in [-0.1, -0.05) is 11.6 Å². The number of hydrogen-bond donors (Lipinski definition) is 0. The zero-order chi connectivity index (χ0) is 16.6. The molecule has 6 nitrogen and oxygen atoms in total. The van der Waals surface area contributed by atoms with E-state index in [1.807, 2.05) is 0 Å². The molecular weight excluding hydrogens is 340 g/mol. The Hall–Kier alpha value is -1.60. The number of sulfonamides is 1. The first kappa shape index (κ1) is 16.3. The molecule has 0 radical (unpaired) electrons. The third kappa shape index (κ3) is 3.07. The number of piperidine rings is 1. The molecule has 3 rings (SSSR count). The van der Waals surface area contributed by atoms with Crippen LogP contribution in [0.2, 0.25) is 5.02 Å². The van der Waals surface area contributed by atoms with Crippen molar-refractivity contribution in [2.75, 3.05) is 23.1 Å². The van der Waals surface area contributed by atoms with Gasteiger partial charge in [0.2, 0.25) is 15.9 Å². The van der Waals surface area contributed by atoms with E-state index in [1.54, 1.807) is 11.0 Å². The number of carbonyl (C=O) groups excluding carboxylic acids is 2. The lowest BCUT2D eigenvalue weighted by Gasteiger charge is -2.27. The Bertz CT molecular complexity index is 757. The standard InChI is InChI=1S/C15H17ClN2O4S/c16-12-5-4-11(15(20)17-7-2-1-3-8-17)10-13(12)18-14(19)6-9-23(18,21)22/h4-5,10H,1-3,6-9H2. The quantitative estimate of drug-likeness (QED) is 0.812. The predicted molar refractivity (Wildman–Crippen MR) is 87.1 cm³/mol. The van der Waals surface area contributed by atoms with Crippen LogP contribution in [0.4, 0.5) is 5.69 Å². The SMILES string of the molecule is O=C(c1ccc(Cl)c(N2C(=O)CCS2(=O)=O)c1)N1CCCCC1. The molecule has 0 atom stereocenters. The Morgan fingerprint density at radius 2 is 1.83 bits per heavy atom. The summed E-state index contributed by atoms with van der Waals surface area (Å²) < 4.78 is 24.8. The molecule has 2 amide bonds. The predicted octanol–water partition coefficient (Wildman–Crippen LogP) is 2.03. The third-order valence-corrected chi connectivity index (χ3v) is 6.13. The summed E-state index contributed by atoms with van der Waals surface area (Å²) in [6.07, 6.45) is 2.97. The Labute approximate surface area is 140 Å². The van der Waals surface area contributed by atoms with Gasteiger partial charge < -0.3 is 4.90 Å². The maximum Gasteiger partial charge on any atom is 0.253 e. The van der Waals surface area contributed by atoms with Crippen LogP contribution in [0.25, 0.3) is 0 Å². The highest BCUT2D eigenvalue weighted by Crippen LogP contribution is 2.33. The summed E-state index contributed by atoms with van der Waals surface area (Å²) in [7, 11) is -3.70. The lowest BCUT2D eigenvalue weighted by atomic mass is 10.1. The van der Waals surface area contributed by atoms with Crippen molar-refractivity contribution in [1.82, 2.24) is 4.90 Å². The number of amides is 2. The second-order valence-electron chi connectivity index (χ2n) is 5.74. The van der Waals surface area contributed by atoms with Crippen molar-refractivity contribution >= 4 is 39.1 Å². The molecule has 1 aromatic rings. The number of nitrogens with zero attached hydrogens (tertiary/aromatic N) is 2. The number of hydrogen-bond acceptors (Lipinski definition) is 4. The summed E-state index contributed by atoms with van der Waals surface area (Å²) in [6, 6.07) is 4.44. The van der Waals surface area contributed by atoms with Gasteiger partial charge in [-0.05, 0) is 37.5 Å². The summed E-state index contributed by atoms with van der Waals surface area (Å²) >= 11 is 6.08. The lowest BCUT2D eigenvalue weighted by molar-refractivity contribution is -0.116. The first-order valence-corrected chi connectivity index (χ1v) is 9.53. The number of benzene rings is 1. The molecule has 0 aromatic heterocycles. The van der Waals surface area contributed by atoms with Crippen LogP contribution in [-0.2, 0) is 14.8 Å². The van der Waals surface area contributed by atoms with Gasteiger partial charge in [-0.15, -0.1) is 0 Å². The zero-order valence-corrected chi connectivity index (χ0v) is 14.1. The van der Waals surface area contributed by atoms with Crippen molar-refractivity contribution in [1.29, 1.82) is 0 Å². The molecular formula is C15H17ClN2O4S. The summed E-state index contributed by atoms with van der Waals surface area (Å²) in [5, 5.41) is 0.138. The largest absolute Gasteiger partial charge is 0.339 e. The van der Waals surface area contributed by atoms with E-state index in [-0.39, 0.29) is 28.8 Å². The fourth-order valence-corrected chi connectivity index (χ4v) is 4.65. The van der Waals surface area contributed by atoms with E-state index in [2.05, 4.69) is 0 Å². The van der Waals surface area contributed by atoms with Gasteiger partial charge in [0.05, 0.1) is 16.5 Å². The molecule has 0 unspecified atom stereocenters. The fraction of sp³-hybridized carbons (Fsp3) is 0.467. The highest BCUT2D eigenvalue weighted by atomic mass is 35.5. The Balaban J connectivity index is 1.96. The molecule has 124 valence electrons. The normalized spacial score (nSPS) is 20.8. The highest BCUT2D eigenvalue weighted by molar-refractivity contribution is 7.94. The second kappa shape index (κ2) is 6.13. The van der Waals surface area contributed by atoms with Gasteiger partial charge in [0.25, 0.3) is 5.91 Å². The molecule has 2 aliphatic rings. The first-order chi connectivity index (χ1) is 10.9. The molecule has 1 aromatic carbocycles. The van der Waals surface area contributed by atoms with Gasteiger partial charge in [0, 0.05) is 25.1 Å². The molecule has 0 aliphatic carbocycles. The van der Waals surface area contributed by atoms with Crippen LogP contribution in [0.1, 0.15) is 36.0 Å². The van der Waals surface area contributed by atoms with Crippen molar-refractivity contribution in [3.8, 4) is 0 Å². The number of rotatable bonds is 2. The topological polar surface area (TPSA) is 74.8 Å². The van der Waals surface area contributed by atoms with Crippen LogP contribution >= 0.6 is 11.6 Å². The van der Waals surface area contributed by atoms with E-state index in [0.717, 1.165) is 23.6 Å². The minimum Gasteiger partial charge on any atom is -0.339 e. The van der Waals surface area contributed by atoms with E-state index in [0.29, 0.717) is 18.7 Å². The van der Waals surface area contributed by atoms with Crippen molar-refractivity contribution in [2.45, 2.75) is 25.7 Å². The second-order valence-corrected chi connectivity index (χ2v) is 8.09. The zero-order valence-electron chi connectivity index (χ0n) is 12.5. The third-order valence-electron chi connectivity index (χ3n) is 4.13. The minimum absolute atomic E-state index is 0.0665. The molecule has 0 N–H and O–H groups in total. The van der Waals surface area contributed by atoms with Gasteiger partial charge in [-0.3, -0.25) is 9.59 Å². The summed E-state index contributed by atoms with van der Waals surface area (Å²) in [6.45, 7) is 1.38. The van der Waals surface area contributed by atoms with Gasteiger partial charge in [-0.2, -0.15) is 0 Å². The van der Waals surface area contributed by atoms with E-state index >= 15 is 0 Å². The molecule has 23 heavy (non-hydrogen) atoms. The average molecular weight is 357 g/mol. The first-order valence-electron chi connectivity index (χ1n) is 7.55. The minimum atomic E-state index is -3.70. The number of likely N-dealkylation sites (tertiary alicyclic amines) is 1. The highest BCUT2D eigenvalue weighted by Gasteiger charge is 2.37. The van der Waals surface area contributed by atoms with Crippen LogP contribution in [0.5, 0.6) is 0 Å². The molecule has 2 saturated heterocycles. The molecule has 0 saturated carbocycles. The van der Waals surface area contributed by atoms with Gasteiger partial charge in [0.1, 0.15) is 0 Å². The number of anilines is 1. The monoisotopic (exact) mass is 356 g/mol. The Morgan fingerprint density at radius 3 is 2.43 bits per heavy atom. The van der Waals surface area contributed by atoms with Crippen LogP contribution in [0.3, 0.4) is 0 Å². The van der Waals surface area contributed by atoms with E-state index in [9.17, 15) is 18.0 Å². The molecule has 2 fully saturated rings. The van der Waals surface area contributed by atoms with Crippen molar-refractivity contribution in [3.05, 3.63) is 28.8 Å². The molecule has 0 spiro atoms. The molecule has 2 aliphatic heterocycles. The maximum atomic E-state index is 12.6. The van der Waals surface area contributed by atoms with Gasteiger partial charge in [0.15, 0.2) is 0 Å². The average Bonchev–Trinajstić information content (AvgIpc) is 2.81. The van der Waals surface area contributed by atoms with Crippen molar-refractivity contribution < 1.29 is 18.0 Å². The molecule has 8 heteroatoms. The fourth-order valence-electron chi connectivity index (χ4n) is 2.93. The summed E-state index contributed by atoms with van der Waals surface area (Å²) in [5.74, 6) is -0.909. The Kier molecular flexibility index (Phi) is 4.33. The molecule has 0 bridgehead atoms. The van der Waals surface area contributed by atoms with Crippen molar-refractivity contribution in [3.63, 3.8) is 0 Å².